The maximum absolute atomic E-state index is 6.47. The highest BCUT2D eigenvalue weighted by atomic mass is 15.4. The molecule has 0 atom stereocenters. The lowest BCUT2D eigenvalue weighted by atomic mass is 11.0. The van der Waals surface area contributed by atoms with Gasteiger partial charge in [0.25, 0.3) is 0 Å². The van der Waals surface area contributed by atoms with E-state index in [2.05, 4.69) is 6.72 Å². The molecule has 0 aromatic heterocycles. The van der Waals surface area contributed by atoms with Crippen LogP contribution in [0.4, 0.5) is 0 Å². The van der Waals surface area contributed by atoms with Crippen molar-refractivity contribution in [3.8, 4) is 0 Å². The van der Waals surface area contributed by atoms with Crippen LogP contribution in [0, 0.1) is 5.41 Å². The first-order valence-electron chi connectivity index (χ1n) is 1.34. The third-order valence-electron chi connectivity index (χ3n) is 0.309. The fourth-order valence-corrected chi connectivity index (χ4v) is 0. The molecule has 6 heavy (non-hydrogen) atoms. The molecule has 0 saturated carbocycles. The van der Waals surface area contributed by atoms with Crippen LogP contribution < -0.4 is 11.6 Å². The van der Waals surface area contributed by atoms with Gasteiger partial charge < -0.3 is 0 Å². The number of hydrogen-bond donors (Lipinski definition) is 3. The van der Waals surface area contributed by atoms with E-state index >= 15 is 0 Å². The van der Waals surface area contributed by atoms with Gasteiger partial charge in [-0.25, -0.2) is 0 Å². The van der Waals surface area contributed by atoms with E-state index in [1.165, 1.54) is 0 Å². The lowest BCUT2D eigenvalue weighted by molar-refractivity contribution is -0.413. The van der Waals surface area contributed by atoms with Gasteiger partial charge in [-0.1, -0.05) is 0 Å². The number of nitrogens with zero attached hydrogens (tertiary/aromatic N) is 1. The van der Waals surface area contributed by atoms with Gasteiger partial charge in [0.15, 0.2) is 0 Å². The zero-order chi connectivity index (χ0) is 5.15. The van der Waals surface area contributed by atoms with Gasteiger partial charge in [-0.05, 0) is 0 Å². The number of nitrogens with two attached hydrogens (primary N) is 2. The van der Waals surface area contributed by atoms with Gasteiger partial charge in [0.2, 0.25) is 0 Å². The van der Waals surface area contributed by atoms with Crippen LogP contribution in [-0.4, -0.2) is 17.4 Å². The van der Waals surface area contributed by atoms with Crippen LogP contribution in [0.2, 0.25) is 0 Å². The van der Waals surface area contributed by atoms with Gasteiger partial charge in [-0.3, -0.25) is 11.6 Å². The Labute approximate surface area is 35.5 Å². The fraction of sp³-hybridized carbons (Fsp3) is 0. The van der Waals surface area contributed by atoms with Crippen molar-refractivity contribution in [3.63, 3.8) is 0 Å². The molecule has 0 aromatic carbocycles. The Morgan fingerprint density at radius 1 is 1.83 bits per heavy atom. The van der Waals surface area contributed by atoms with Gasteiger partial charge in [0.05, 0.1) is 6.72 Å². The summed E-state index contributed by atoms with van der Waals surface area (Å²) in [4.78, 5) is 0. The smallest absolute Gasteiger partial charge is 0.290 e. The second-order valence-electron chi connectivity index (χ2n) is 0.855. The summed E-state index contributed by atoms with van der Waals surface area (Å²) in [7, 11) is 0. The molecule has 0 saturated heterocycles. The Hall–Kier alpha value is -1.06. The average molecular weight is 87.1 g/mol. The van der Waals surface area contributed by atoms with Crippen LogP contribution in [0.1, 0.15) is 0 Å². The first-order chi connectivity index (χ1) is 2.64. The van der Waals surface area contributed by atoms with E-state index in [1.54, 1.807) is 0 Å². The first-order valence-corrected chi connectivity index (χ1v) is 1.34. The topological polar surface area (TPSA) is 78.9 Å². The fourth-order valence-electron chi connectivity index (χ4n) is 0. The summed E-state index contributed by atoms with van der Waals surface area (Å²) in [5.74, 6) is 4.57. The number of hydrogen-bond acceptors (Lipinski definition) is 2. The van der Waals surface area contributed by atoms with Crippen molar-refractivity contribution in [1.82, 2.24) is 0 Å². The maximum atomic E-state index is 6.47. The molecule has 0 radical (unpaired) electrons. The standard InChI is InChI=1S/C2H7N4/c1-6(5)2(3)4/h1,5H2,(H3,3,4)/q+1. The Morgan fingerprint density at radius 2 is 2.00 bits per heavy atom. The Morgan fingerprint density at radius 3 is 2.00 bits per heavy atom. The molecule has 0 fully saturated rings. The molecule has 4 nitrogen and oxygen atoms in total. The van der Waals surface area contributed by atoms with Crippen LogP contribution in [0.3, 0.4) is 0 Å². The van der Waals surface area contributed by atoms with E-state index in [-0.39, 0.29) is 5.96 Å². The number of guanidine groups is 1. The Bertz CT molecular complexity index is 71.5. The van der Waals surface area contributed by atoms with Crippen LogP contribution in [0.25, 0.3) is 0 Å². The molecule has 0 aliphatic carbocycles. The van der Waals surface area contributed by atoms with Gasteiger partial charge in [0, 0.05) is 0 Å². The van der Waals surface area contributed by atoms with Gasteiger partial charge in [-0.15, -0.1) is 5.41 Å². The minimum absolute atomic E-state index is 0.241. The second-order valence-corrected chi connectivity index (χ2v) is 0.855. The lowest BCUT2D eigenvalue weighted by Gasteiger charge is -1.83. The summed E-state index contributed by atoms with van der Waals surface area (Å²) in [5.41, 5.74) is 4.76. The van der Waals surface area contributed by atoms with Crippen LogP contribution in [-0.2, 0) is 0 Å². The third-order valence-corrected chi connectivity index (χ3v) is 0.309. The molecule has 4 heteroatoms. The molecule has 0 bridgehead atoms. The molecule has 0 spiro atoms. The van der Waals surface area contributed by atoms with E-state index in [0.717, 1.165) is 4.68 Å². The highest BCUT2D eigenvalue weighted by molar-refractivity contribution is 5.66. The molecule has 0 amide bonds. The highest BCUT2D eigenvalue weighted by Crippen LogP contribution is 1.43. The first kappa shape index (κ1) is 4.94. The molecule has 0 unspecified atom stereocenters. The van der Waals surface area contributed by atoms with E-state index in [1.807, 2.05) is 0 Å². The molecule has 0 heterocycles. The zero-order valence-electron chi connectivity index (χ0n) is 3.31. The number of hydrazine groups is 1. The zero-order valence-corrected chi connectivity index (χ0v) is 3.31. The SMILES string of the molecule is C=[N+](N)C(=N)N. The molecular weight excluding hydrogens is 80.1 g/mol. The molecule has 0 rings (SSSR count). The molecule has 0 aliphatic rings. The Kier molecular flexibility index (Phi) is 1.15. The maximum Gasteiger partial charge on any atom is 0.402 e. The molecule has 5 N–H and O–H groups in total. The second kappa shape index (κ2) is 1.40. The average Bonchev–Trinajstić information content (AvgIpc) is 1.36. The predicted molar refractivity (Wildman–Crippen MR) is 23.5 cm³/mol. The number of nitrogens with one attached hydrogen (secondary N) is 1. The van der Waals surface area contributed by atoms with Gasteiger partial charge in [0.1, 0.15) is 0 Å². The lowest BCUT2D eigenvalue weighted by Crippen LogP contribution is -2.31. The van der Waals surface area contributed by atoms with Crippen molar-refractivity contribution >= 4 is 12.7 Å². The normalized spacial score (nSPS) is 7.33. The molecule has 0 aromatic rings. The highest BCUT2D eigenvalue weighted by Gasteiger charge is 1.88. The summed E-state index contributed by atoms with van der Waals surface area (Å²) < 4.78 is 0.778. The van der Waals surface area contributed by atoms with Crippen LogP contribution in [0.5, 0.6) is 0 Å². The Balaban J connectivity index is 3.57. The minimum atomic E-state index is -0.241. The van der Waals surface area contributed by atoms with Crippen molar-refractivity contribution in [2.45, 2.75) is 0 Å². The summed E-state index contributed by atoms with van der Waals surface area (Å²) >= 11 is 0. The van der Waals surface area contributed by atoms with Gasteiger partial charge in [-0.2, -0.15) is 4.68 Å². The van der Waals surface area contributed by atoms with E-state index in [0.29, 0.717) is 0 Å². The molecule has 34 valence electrons. The van der Waals surface area contributed by atoms with E-state index in [4.69, 9.17) is 17.0 Å². The summed E-state index contributed by atoms with van der Waals surface area (Å²) in [6, 6.07) is 0. The summed E-state index contributed by atoms with van der Waals surface area (Å²) in [5, 5.41) is 6.47. The largest absolute Gasteiger partial charge is 0.402 e. The van der Waals surface area contributed by atoms with Gasteiger partial charge >= 0.3 is 5.96 Å². The summed E-state index contributed by atoms with van der Waals surface area (Å²) in [6.45, 7) is 3.10. The van der Waals surface area contributed by atoms with Crippen molar-refractivity contribution in [1.29, 1.82) is 5.41 Å². The van der Waals surface area contributed by atoms with Crippen molar-refractivity contribution < 1.29 is 4.68 Å². The van der Waals surface area contributed by atoms with Crippen molar-refractivity contribution in [3.05, 3.63) is 0 Å². The van der Waals surface area contributed by atoms with Crippen molar-refractivity contribution in [2.75, 3.05) is 0 Å². The third kappa shape index (κ3) is 1.28. The van der Waals surface area contributed by atoms with Crippen LogP contribution in [0.15, 0.2) is 0 Å². The predicted octanol–water partition coefficient (Wildman–Crippen LogP) is -1.53. The van der Waals surface area contributed by atoms with E-state index < -0.39 is 0 Å². The molecule has 0 aliphatic heterocycles. The minimum Gasteiger partial charge on any atom is -0.290 e. The van der Waals surface area contributed by atoms with Crippen molar-refractivity contribution in [2.24, 2.45) is 11.6 Å². The monoisotopic (exact) mass is 87.1 g/mol. The number of rotatable bonds is 0. The summed E-state index contributed by atoms with van der Waals surface area (Å²) in [6.07, 6.45) is 0. The quantitative estimate of drug-likeness (QED) is 0.110. The van der Waals surface area contributed by atoms with Crippen LogP contribution >= 0.6 is 0 Å². The van der Waals surface area contributed by atoms with E-state index in [9.17, 15) is 0 Å². The number of hydrazone groups is 1. The molecular formula is C2H7N4+.